The van der Waals surface area contributed by atoms with Crippen molar-refractivity contribution in [1.82, 2.24) is 4.90 Å². The van der Waals surface area contributed by atoms with Gasteiger partial charge in [-0.3, -0.25) is 0 Å². The highest BCUT2D eigenvalue weighted by Gasteiger charge is 2.33. The molecule has 3 nitrogen and oxygen atoms in total. The third kappa shape index (κ3) is 3.55. The van der Waals surface area contributed by atoms with Crippen LogP contribution < -0.4 is 5.73 Å². The predicted octanol–water partition coefficient (Wildman–Crippen LogP) is 2.02. The molecule has 0 atom stereocenters. The van der Waals surface area contributed by atoms with Gasteiger partial charge in [0.15, 0.2) is 0 Å². The molecule has 1 aromatic rings. The van der Waals surface area contributed by atoms with E-state index in [0.29, 0.717) is 13.2 Å². The zero-order valence-corrected chi connectivity index (χ0v) is 11.3. The van der Waals surface area contributed by atoms with E-state index in [4.69, 9.17) is 10.5 Å². The molecule has 0 amide bonds. The molecule has 100 valence electrons. The summed E-state index contributed by atoms with van der Waals surface area (Å²) in [4.78, 5) is 2.36. The van der Waals surface area contributed by atoms with Crippen LogP contribution in [0.2, 0.25) is 0 Å². The van der Waals surface area contributed by atoms with Crippen molar-refractivity contribution in [1.29, 1.82) is 0 Å². The summed E-state index contributed by atoms with van der Waals surface area (Å²) in [5.74, 6) is 0. The van der Waals surface area contributed by atoms with Crippen molar-refractivity contribution in [2.75, 3.05) is 26.7 Å². The van der Waals surface area contributed by atoms with Crippen LogP contribution in [0.1, 0.15) is 24.8 Å². The number of rotatable bonds is 5. The number of nitrogens with two attached hydrogens (primary N) is 1. The van der Waals surface area contributed by atoms with Gasteiger partial charge in [0.25, 0.3) is 0 Å². The summed E-state index contributed by atoms with van der Waals surface area (Å²) in [6, 6.07) is 10.4. The van der Waals surface area contributed by atoms with E-state index in [1.807, 2.05) is 6.07 Å². The summed E-state index contributed by atoms with van der Waals surface area (Å²) >= 11 is 0. The SMILES string of the molecule is CN1CCC(CCN)(OCc2ccccc2)CC1. The van der Waals surface area contributed by atoms with Crippen LogP contribution in [0.15, 0.2) is 30.3 Å². The van der Waals surface area contributed by atoms with Crippen molar-refractivity contribution in [2.24, 2.45) is 5.73 Å². The third-order valence-corrected chi connectivity index (χ3v) is 3.89. The highest BCUT2D eigenvalue weighted by Crippen LogP contribution is 2.30. The molecule has 0 bridgehead atoms. The summed E-state index contributed by atoms with van der Waals surface area (Å²) < 4.78 is 6.24. The molecular formula is C15H24N2O. The van der Waals surface area contributed by atoms with Gasteiger partial charge in [-0.25, -0.2) is 0 Å². The third-order valence-electron chi connectivity index (χ3n) is 3.89. The maximum absolute atomic E-state index is 6.24. The average Bonchev–Trinajstić information content (AvgIpc) is 2.41. The molecule has 0 saturated carbocycles. The van der Waals surface area contributed by atoms with E-state index in [-0.39, 0.29) is 5.60 Å². The van der Waals surface area contributed by atoms with E-state index in [2.05, 4.69) is 36.2 Å². The lowest BCUT2D eigenvalue weighted by atomic mass is 9.88. The molecule has 2 N–H and O–H groups in total. The Balaban J connectivity index is 1.94. The highest BCUT2D eigenvalue weighted by atomic mass is 16.5. The van der Waals surface area contributed by atoms with Gasteiger partial charge in [-0.1, -0.05) is 30.3 Å². The summed E-state index contributed by atoms with van der Waals surface area (Å²) in [5.41, 5.74) is 7.00. The Hall–Kier alpha value is -0.900. The number of piperidine rings is 1. The van der Waals surface area contributed by atoms with Crippen LogP contribution in [0.5, 0.6) is 0 Å². The Labute approximate surface area is 110 Å². The average molecular weight is 248 g/mol. The van der Waals surface area contributed by atoms with Crippen LogP contribution in [-0.2, 0) is 11.3 Å². The first-order valence-electron chi connectivity index (χ1n) is 6.81. The van der Waals surface area contributed by atoms with Crippen molar-refractivity contribution in [3.63, 3.8) is 0 Å². The lowest BCUT2D eigenvalue weighted by Crippen LogP contribution is -2.45. The van der Waals surface area contributed by atoms with Crippen LogP contribution in [-0.4, -0.2) is 37.2 Å². The Bertz CT molecular complexity index is 345. The highest BCUT2D eigenvalue weighted by molar-refractivity contribution is 5.13. The second-order valence-corrected chi connectivity index (χ2v) is 5.30. The molecule has 3 heteroatoms. The van der Waals surface area contributed by atoms with E-state index in [1.165, 1.54) is 5.56 Å². The minimum atomic E-state index is -0.00288. The van der Waals surface area contributed by atoms with Gasteiger partial charge < -0.3 is 15.4 Å². The lowest BCUT2D eigenvalue weighted by Gasteiger charge is -2.40. The first-order valence-corrected chi connectivity index (χ1v) is 6.81. The summed E-state index contributed by atoms with van der Waals surface area (Å²) in [7, 11) is 2.17. The van der Waals surface area contributed by atoms with E-state index in [1.54, 1.807) is 0 Å². The summed E-state index contributed by atoms with van der Waals surface area (Å²) in [5, 5.41) is 0. The molecule has 0 spiro atoms. The van der Waals surface area contributed by atoms with Gasteiger partial charge in [-0.2, -0.15) is 0 Å². The van der Waals surface area contributed by atoms with Crippen molar-refractivity contribution in [2.45, 2.75) is 31.5 Å². The minimum absolute atomic E-state index is 0.00288. The largest absolute Gasteiger partial charge is 0.370 e. The standard InChI is InChI=1S/C15H24N2O/c1-17-11-8-15(7-10-16,9-12-17)18-13-14-5-3-2-4-6-14/h2-6H,7-13,16H2,1H3. The van der Waals surface area contributed by atoms with E-state index in [0.717, 1.165) is 32.4 Å². The number of hydrogen-bond acceptors (Lipinski definition) is 3. The van der Waals surface area contributed by atoms with Crippen LogP contribution in [0.4, 0.5) is 0 Å². The minimum Gasteiger partial charge on any atom is -0.370 e. The fourth-order valence-corrected chi connectivity index (χ4v) is 2.57. The van der Waals surface area contributed by atoms with Gasteiger partial charge in [0.2, 0.25) is 0 Å². The van der Waals surface area contributed by atoms with Gasteiger partial charge in [0, 0.05) is 13.1 Å². The van der Waals surface area contributed by atoms with Gasteiger partial charge in [-0.05, 0) is 38.4 Å². The molecular weight excluding hydrogens is 224 g/mol. The van der Waals surface area contributed by atoms with Crippen molar-refractivity contribution >= 4 is 0 Å². The molecule has 1 aliphatic rings. The maximum atomic E-state index is 6.24. The van der Waals surface area contributed by atoms with Crippen molar-refractivity contribution < 1.29 is 4.74 Å². The maximum Gasteiger partial charge on any atom is 0.0724 e. The number of hydrogen-bond donors (Lipinski definition) is 1. The van der Waals surface area contributed by atoms with Gasteiger partial charge >= 0.3 is 0 Å². The Kier molecular flexibility index (Phi) is 4.75. The lowest BCUT2D eigenvalue weighted by molar-refractivity contribution is -0.0940. The number of likely N-dealkylation sites (tertiary alicyclic amines) is 1. The quantitative estimate of drug-likeness (QED) is 0.866. The van der Waals surface area contributed by atoms with Crippen LogP contribution in [0.25, 0.3) is 0 Å². The topological polar surface area (TPSA) is 38.5 Å². The van der Waals surface area contributed by atoms with Gasteiger partial charge in [0.05, 0.1) is 12.2 Å². The molecule has 1 fully saturated rings. The molecule has 1 heterocycles. The Morgan fingerprint density at radius 2 is 1.89 bits per heavy atom. The molecule has 2 rings (SSSR count). The number of benzene rings is 1. The molecule has 0 aliphatic carbocycles. The first-order chi connectivity index (χ1) is 8.74. The monoisotopic (exact) mass is 248 g/mol. The van der Waals surface area contributed by atoms with Crippen LogP contribution >= 0.6 is 0 Å². The summed E-state index contributed by atoms with van der Waals surface area (Å²) in [6.45, 7) is 3.62. The molecule has 1 aliphatic heterocycles. The smallest absolute Gasteiger partial charge is 0.0724 e. The second kappa shape index (κ2) is 6.32. The first kappa shape index (κ1) is 13.5. The normalized spacial score (nSPS) is 19.9. The molecule has 1 saturated heterocycles. The Morgan fingerprint density at radius 1 is 1.22 bits per heavy atom. The zero-order valence-electron chi connectivity index (χ0n) is 11.3. The fourth-order valence-electron chi connectivity index (χ4n) is 2.57. The fraction of sp³-hybridized carbons (Fsp3) is 0.600. The second-order valence-electron chi connectivity index (χ2n) is 5.30. The molecule has 1 aromatic carbocycles. The van der Waals surface area contributed by atoms with Crippen LogP contribution in [0.3, 0.4) is 0 Å². The van der Waals surface area contributed by atoms with Gasteiger partial charge in [0.1, 0.15) is 0 Å². The van der Waals surface area contributed by atoms with Crippen molar-refractivity contribution in [3.05, 3.63) is 35.9 Å². The summed E-state index contributed by atoms with van der Waals surface area (Å²) in [6.07, 6.45) is 3.15. The van der Waals surface area contributed by atoms with Crippen molar-refractivity contribution in [3.8, 4) is 0 Å². The van der Waals surface area contributed by atoms with Gasteiger partial charge in [-0.15, -0.1) is 0 Å². The van der Waals surface area contributed by atoms with E-state index in [9.17, 15) is 0 Å². The van der Waals surface area contributed by atoms with E-state index >= 15 is 0 Å². The molecule has 0 aromatic heterocycles. The number of ether oxygens (including phenoxy) is 1. The zero-order chi connectivity index (χ0) is 12.8. The molecule has 0 radical (unpaired) electrons. The molecule has 0 unspecified atom stereocenters. The number of nitrogens with zero attached hydrogens (tertiary/aromatic N) is 1. The molecule has 18 heavy (non-hydrogen) atoms. The predicted molar refractivity (Wildman–Crippen MR) is 74.4 cm³/mol. The van der Waals surface area contributed by atoms with E-state index < -0.39 is 0 Å². The van der Waals surface area contributed by atoms with Crippen LogP contribution in [0, 0.1) is 0 Å². The Morgan fingerprint density at radius 3 is 2.50 bits per heavy atom.